The van der Waals surface area contributed by atoms with E-state index in [4.69, 9.17) is 9.47 Å². The van der Waals surface area contributed by atoms with Gasteiger partial charge in [0, 0.05) is 30.7 Å². The highest BCUT2D eigenvalue weighted by molar-refractivity contribution is 6.46. The predicted octanol–water partition coefficient (Wildman–Crippen LogP) is 2.65. The lowest BCUT2D eigenvalue weighted by Gasteiger charge is -2.28. The smallest absolute Gasteiger partial charge is 0.295 e. The first kappa shape index (κ1) is 22.7. The summed E-state index contributed by atoms with van der Waals surface area (Å²) in [5, 5.41) is 13.8. The summed E-state index contributed by atoms with van der Waals surface area (Å²) in [4.78, 5) is 30.9. The maximum atomic E-state index is 13.8. The Kier molecular flexibility index (Phi) is 5.99. The molecule has 1 N–H and O–H groups in total. The summed E-state index contributed by atoms with van der Waals surface area (Å²) in [6.07, 6.45) is 4.23. The van der Waals surface area contributed by atoms with E-state index in [9.17, 15) is 14.7 Å². The number of pyridine rings is 1. The number of aromatic nitrogens is 1. The number of nitrogens with zero attached hydrogens (tertiary/aromatic N) is 1. The molecule has 3 heterocycles. The van der Waals surface area contributed by atoms with Crippen molar-refractivity contribution in [3.63, 3.8) is 0 Å². The molecule has 178 valence electrons. The SMILES string of the molecule is CCOc1cccc(C2C(=C([O-])c3ccc4c(c3)CC(C)O4)C(=O)C(=O)N2Cc2cc[nH+]cc2)c1. The number of aromatic amines is 1. The highest BCUT2D eigenvalue weighted by Crippen LogP contribution is 2.41. The maximum absolute atomic E-state index is 13.8. The van der Waals surface area contributed by atoms with Gasteiger partial charge in [-0.25, -0.2) is 4.98 Å². The molecule has 2 aliphatic heterocycles. The van der Waals surface area contributed by atoms with Gasteiger partial charge in [-0.15, -0.1) is 0 Å². The molecule has 1 fully saturated rings. The van der Waals surface area contributed by atoms with E-state index >= 15 is 0 Å². The average Bonchev–Trinajstić information content (AvgIpc) is 3.35. The summed E-state index contributed by atoms with van der Waals surface area (Å²) in [7, 11) is 0. The van der Waals surface area contributed by atoms with Crippen molar-refractivity contribution in [2.75, 3.05) is 6.61 Å². The van der Waals surface area contributed by atoms with Crippen molar-refractivity contribution in [2.45, 2.75) is 39.0 Å². The third-order valence-electron chi connectivity index (χ3n) is 6.31. The van der Waals surface area contributed by atoms with Crippen LogP contribution in [0, 0.1) is 0 Å². The summed E-state index contributed by atoms with van der Waals surface area (Å²) >= 11 is 0. The van der Waals surface area contributed by atoms with E-state index in [1.165, 1.54) is 4.90 Å². The highest BCUT2D eigenvalue weighted by Gasteiger charge is 2.44. The van der Waals surface area contributed by atoms with Gasteiger partial charge in [0.05, 0.1) is 12.6 Å². The van der Waals surface area contributed by atoms with Crippen LogP contribution in [0.25, 0.3) is 5.76 Å². The van der Waals surface area contributed by atoms with E-state index in [1.54, 1.807) is 42.7 Å². The highest BCUT2D eigenvalue weighted by atomic mass is 16.5. The maximum Gasteiger partial charge on any atom is 0.295 e. The van der Waals surface area contributed by atoms with Crippen LogP contribution in [0.5, 0.6) is 11.5 Å². The van der Waals surface area contributed by atoms with Crippen molar-refractivity contribution in [1.82, 2.24) is 4.90 Å². The lowest BCUT2D eigenvalue weighted by Crippen LogP contribution is -2.29. The van der Waals surface area contributed by atoms with Crippen molar-refractivity contribution in [3.8, 4) is 11.5 Å². The molecule has 1 saturated heterocycles. The molecule has 1 aromatic heterocycles. The Balaban J connectivity index is 1.63. The number of ketones is 1. The molecule has 2 atom stereocenters. The van der Waals surface area contributed by atoms with Crippen molar-refractivity contribution >= 4 is 17.4 Å². The second-order valence-electron chi connectivity index (χ2n) is 8.78. The number of carbonyl (C=O) groups excluding carboxylic acids is 2. The number of hydrogen-bond acceptors (Lipinski definition) is 5. The molecule has 2 aromatic carbocycles. The summed E-state index contributed by atoms with van der Waals surface area (Å²) in [6.45, 7) is 4.51. The molecule has 2 aliphatic rings. The van der Waals surface area contributed by atoms with E-state index in [0.717, 1.165) is 16.9 Å². The summed E-state index contributed by atoms with van der Waals surface area (Å²) in [6, 6.07) is 15.3. The Bertz CT molecular complexity index is 1320. The fraction of sp³-hybridized carbons (Fsp3) is 0.250. The molecule has 7 heteroatoms. The fourth-order valence-electron chi connectivity index (χ4n) is 4.76. The van der Waals surface area contributed by atoms with Crippen LogP contribution < -0.4 is 19.6 Å². The Morgan fingerprint density at radius 1 is 1.14 bits per heavy atom. The van der Waals surface area contributed by atoms with Crippen LogP contribution in [-0.2, 0) is 22.6 Å². The molecular formula is C28H26N2O5. The predicted molar refractivity (Wildman–Crippen MR) is 126 cm³/mol. The van der Waals surface area contributed by atoms with Crippen molar-refractivity contribution < 1.29 is 29.2 Å². The number of fused-ring (bicyclic) bond motifs is 1. The number of amides is 1. The molecule has 7 nitrogen and oxygen atoms in total. The normalized spacial score (nSPS) is 20.6. The molecule has 1 amide bonds. The van der Waals surface area contributed by atoms with Gasteiger partial charge in [-0.05, 0) is 60.4 Å². The Morgan fingerprint density at radius 2 is 1.94 bits per heavy atom. The van der Waals surface area contributed by atoms with Gasteiger partial charge in [-0.2, -0.15) is 0 Å². The number of likely N-dealkylation sites (tertiary alicyclic amines) is 1. The van der Waals surface area contributed by atoms with Gasteiger partial charge in [0.2, 0.25) is 5.78 Å². The zero-order chi connectivity index (χ0) is 24.5. The zero-order valence-corrected chi connectivity index (χ0v) is 19.6. The summed E-state index contributed by atoms with van der Waals surface area (Å²) in [5.74, 6) is -0.542. The Hall–Kier alpha value is -4.13. The second kappa shape index (κ2) is 9.25. The summed E-state index contributed by atoms with van der Waals surface area (Å²) in [5.41, 5.74) is 2.75. The van der Waals surface area contributed by atoms with Gasteiger partial charge < -0.3 is 19.5 Å². The minimum Gasteiger partial charge on any atom is -0.872 e. The average molecular weight is 471 g/mol. The Morgan fingerprint density at radius 3 is 2.71 bits per heavy atom. The standard InChI is InChI=1S/C28H26N2O5/c1-3-34-22-6-4-5-19(15-22)25-24(26(31)20-7-8-23-21(14-20)13-17(2)35-23)27(32)28(33)30(25)16-18-9-11-29-12-10-18/h4-12,14-15,17,25,31H,3,13,16H2,1-2H3. The van der Waals surface area contributed by atoms with E-state index in [2.05, 4.69) is 4.98 Å². The first-order valence-electron chi connectivity index (χ1n) is 11.7. The number of Topliss-reactive ketones (excluding diaryl/α,β-unsaturated/α-hetero) is 1. The topological polar surface area (TPSA) is 93.0 Å². The number of H-pyrrole nitrogens is 1. The van der Waals surface area contributed by atoms with Crippen LogP contribution in [0.3, 0.4) is 0 Å². The zero-order valence-electron chi connectivity index (χ0n) is 19.6. The lowest BCUT2D eigenvalue weighted by molar-refractivity contribution is -0.378. The number of hydrogen-bond donors (Lipinski definition) is 0. The molecule has 0 spiro atoms. The summed E-state index contributed by atoms with van der Waals surface area (Å²) < 4.78 is 11.4. The molecule has 0 aliphatic carbocycles. The minimum absolute atomic E-state index is 0.0327. The van der Waals surface area contributed by atoms with Crippen LogP contribution in [0.2, 0.25) is 0 Å². The van der Waals surface area contributed by atoms with Crippen molar-refractivity contribution in [2.24, 2.45) is 0 Å². The number of nitrogens with one attached hydrogen (secondary N) is 1. The van der Waals surface area contributed by atoms with Crippen LogP contribution in [-0.4, -0.2) is 29.3 Å². The third kappa shape index (κ3) is 4.25. The van der Waals surface area contributed by atoms with Crippen LogP contribution >= 0.6 is 0 Å². The van der Waals surface area contributed by atoms with Gasteiger partial charge in [0.1, 0.15) is 17.6 Å². The first-order chi connectivity index (χ1) is 17.0. The third-order valence-corrected chi connectivity index (χ3v) is 6.31. The van der Waals surface area contributed by atoms with Crippen molar-refractivity contribution in [1.29, 1.82) is 0 Å². The molecule has 0 radical (unpaired) electrons. The molecule has 0 bridgehead atoms. The van der Waals surface area contributed by atoms with Crippen LogP contribution in [0.15, 0.2) is 72.6 Å². The van der Waals surface area contributed by atoms with Crippen LogP contribution in [0.4, 0.5) is 0 Å². The molecular weight excluding hydrogens is 444 g/mol. The first-order valence-corrected chi connectivity index (χ1v) is 11.7. The van der Waals surface area contributed by atoms with Crippen LogP contribution in [0.1, 0.15) is 42.1 Å². The van der Waals surface area contributed by atoms with Crippen molar-refractivity contribution in [3.05, 3.63) is 94.8 Å². The van der Waals surface area contributed by atoms with Gasteiger partial charge in [0.25, 0.3) is 5.91 Å². The molecule has 2 unspecified atom stereocenters. The number of ether oxygens (including phenoxy) is 2. The fourth-order valence-corrected chi connectivity index (χ4v) is 4.76. The number of benzene rings is 2. The van der Waals surface area contributed by atoms with E-state index < -0.39 is 23.5 Å². The quantitative estimate of drug-likeness (QED) is 0.314. The van der Waals surface area contributed by atoms with Gasteiger partial charge in [-0.1, -0.05) is 24.0 Å². The molecule has 3 aromatic rings. The van der Waals surface area contributed by atoms with E-state index in [0.29, 0.717) is 29.9 Å². The minimum atomic E-state index is -0.824. The molecule has 5 rings (SSSR count). The lowest BCUT2D eigenvalue weighted by atomic mass is 9.94. The van der Waals surface area contributed by atoms with Gasteiger partial charge in [0.15, 0.2) is 12.4 Å². The second-order valence-corrected chi connectivity index (χ2v) is 8.78. The number of rotatable bonds is 6. The van der Waals surface area contributed by atoms with E-state index in [-0.39, 0.29) is 18.2 Å². The molecule has 35 heavy (non-hydrogen) atoms. The largest absolute Gasteiger partial charge is 0.872 e. The monoisotopic (exact) mass is 470 g/mol. The van der Waals surface area contributed by atoms with Gasteiger partial charge in [-0.3, -0.25) is 9.59 Å². The van der Waals surface area contributed by atoms with E-state index in [1.807, 2.05) is 38.1 Å². The molecule has 0 saturated carbocycles. The Labute approximate surface area is 203 Å². The number of carbonyl (C=O) groups is 2. The van der Waals surface area contributed by atoms with Gasteiger partial charge >= 0.3 is 0 Å².